The molecule has 1 aliphatic rings. The molecule has 1 heterocycles. The molecule has 1 fully saturated rings. The van der Waals surface area contributed by atoms with Gasteiger partial charge in [0.15, 0.2) is 0 Å². The molecule has 0 atom stereocenters. The summed E-state index contributed by atoms with van der Waals surface area (Å²) in [7, 11) is 1.42. The fourth-order valence-electron chi connectivity index (χ4n) is 0.548. The largest absolute Gasteiger partial charge is 1.00 e. The standard InChI is InChI=1S/C6H12BO2.CH3.K/c1-5(2)6(3,4)9-7-8-5;;/h1-4H3;1H3;/q2*-1;+1. The molecule has 2 radical (unpaired) electrons. The predicted octanol–water partition coefficient (Wildman–Crippen LogP) is -1.42. The predicted molar refractivity (Wildman–Crippen MR) is 42.5 cm³/mol. The topological polar surface area (TPSA) is 18.5 Å². The van der Waals surface area contributed by atoms with E-state index in [1.165, 1.54) is 7.69 Å². The Morgan fingerprint density at radius 1 is 0.909 bits per heavy atom. The molecule has 0 aromatic heterocycles. The van der Waals surface area contributed by atoms with E-state index in [0.717, 1.165) is 0 Å². The van der Waals surface area contributed by atoms with Crippen LogP contribution in [0.1, 0.15) is 27.7 Å². The average molecular weight is 181 g/mol. The zero-order valence-electron chi connectivity index (χ0n) is 8.39. The minimum Gasteiger partial charge on any atom is -0.620 e. The van der Waals surface area contributed by atoms with Gasteiger partial charge in [0, 0.05) is 11.2 Å². The van der Waals surface area contributed by atoms with Crippen molar-refractivity contribution in [2.75, 3.05) is 0 Å². The quantitative estimate of drug-likeness (QED) is 0.337. The van der Waals surface area contributed by atoms with Crippen LogP contribution in [0, 0.1) is 7.43 Å². The van der Waals surface area contributed by atoms with E-state index in [9.17, 15) is 0 Å². The molecule has 60 valence electrons. The fraction of sp³-hybridized carbons (Fsp3) is 0.857. The van der Waals surface area contributed by atoms with Gasteiger partial charge in [0.1, 0.15) is 0 Å². The van der Waals surface area contributed by atoms with E-state index in [1.807, 2.05) is 27.7 Å². The van der Waals surface area contributed by atoms with Crippen molar-refractivity contribution >= 4 is 7.69 Å². The van der Waals surface area contributed by atoms with Crippen LogP contribution in [0.2, 0.25) is 0 Å². The molecule has 0 N–H and O–H groups in total. The van der Waals surface area contributed by atoms with Crippen molar-refractivity contribution in [2.45, 2.75) is 38.9 Å². The van der Waals surface area contributed by atoms with Crippen LogP contribution in [0.5, 0.6) is 0 Å². The van der Waals surface area contributed by atoms with E-state index in [0.29, 0.717) is 0 Å². The van der Waals surface area contributed by atoms with E-state index >= 15 is 0 Å². The molecular weight excluding hydrogens is 166 g/mol. The summed E-state index contributed by atoms with van der Waals surface area (Å²) in [6.45, 7) is 8.04. The molecule has 0 spiro atoms. The maximum atomic E-state index is 5.21. The second-order valence-electron chi connectivity index (χ2n) is 3.35. The number of hydrogen-bond donors (Lipinski definition) is 0. The van der Waals surface area contributed by atoms with Crippen LogP contribution < -0.4 is 51.4 Å². The summed E-state index contributed by atoms with van der Waals surface area (Å²) >= 11 is 0. The molecule has 0 aromatic carbocycles. The van der Waals surface area contributed by atoms with Crippen LogP contribution in [0.25, 0.3) is 0 Å². The molecule has 2 nitrogen and oxygen atoms in total. The minimum absolute atomic E-state index is 0. The average Bonchev–Trinajstić information content (AvgIpc) is 1.81. The van der Waals surface area contributed by atoms with Crippen LogP contribution in [-0.4, -0.2) is 18.9 Å². The van der Waals surface area contributed by atoms with E-state index < -0.39 is 0 Å². The van der Waals surface area contributed by atoms with Crippen molar-refractivity contribution in [3.05, 3.63) is 7.43 Å². The van der Waals surface area contributed by atoms with Gasteiger partial charge in [0.25, 0.3) is 0 Å². The van der Waals surface area contributed by atoms with Gasteiger partial charge in [-0.25, -0.2) is 0 Å². The molecule has 1 aliphatic heterocycles. The molecular formula is C7H15BKO2-. The Labute approximate surface area is 113 Å². The van der Waals surface area contributed by atoms with Crippen LogP contribution in [0.3, 0.4) is 0 Å². The van der Waals surface area contributed by atoms with E-state index in [1.54, 1.807) is 0 Å². The maximum Gasteiger partial charge on any atom is 1.00 e. The fourth-order valence-corrected chi connectivity index (χ4v) is 0.548. The van der Waals surface area contributed by atoms with Crippen molar-refractivity contribution < 1.29 is 60.7 Å². The van der Waals surface area contributed by atoms with Gasteiger partial charge in [-0.3, -0.25) is 0 Å². The second kappa shape index (κ2) is 4.75. The smallest absolute Gasteiger partial charge is 0.620 e. The van der Waals surface area contributed by atoms with Gasteiger partial charge in [0.2, 0.25) is 0 Å². The summed E-state index contributed by atoms with van der Waals surface area (Å²) < 4.78 is 10.4. The molecule has 11 heavy (non-hydrogen) atoms. The Morgan fingerprint density at radius 2 is 1.18 bits per heavy atom. The molecule has 1 saturated heterocycles. The van der Waals surface area contributed by atoms with E-state index in [2.05, 4.69) is 0 Å². The van der Waals surface area contributed by atoms with E-state index in [-0.39, 0.29) is 70.0 Å². The Balaban J connectivity index is 0. The normalized spacial score (nSPS) is 25.1. The number of rotatable bonds is 0. The molecule has 0 aromatic rings. The third kappa shape index (κ3) is 3.10. The van der Waals surface area contributed by atoms with Crippen molar-refractivity contribution in [1.29, 1.82) is 0 Å². The molecule has 0 unspecified atom stereocenters. The van der Waals surface area contributed by atoms with Crippen molar-refractivity contribution in [2.24, 2.45) is 0 Å². The minimum atomic E-state index is -0.188. The molecule has 1 rings (SSSR count). The van der Waals surface area contributed by atoms with E-state index in [4.69, 9.17) is 9.31 Å². The van der Waals surface area contributed by atoms with Crippen LogP contribution in [0.4, 0.5) is 0 Å². The van der Waals surface area contributed by atoms with Crippen LogP contribution in [-0.2, 0) is 9.31 Å². The first kappa shape index (κ1) is 15.1. The summed E-state index contributed by atoms with van der Waals surface area (Å²) in [6.07, 6.45) is 0. The first-order valence-electron chi connectivity index (χ1n) is 3.13. The van der Waals surface area contributed by atoms with Gasteiger partial charge in [-0.05, 0) is 35.4 Å². The zero-order valence-corrected chi connectivity index (χ0v) is 11.5. The SMILES string of the molecule is CC1(C)O[B-]OC1(C)C.[CH3-].[K+]. The van der Waals surface area contributed by atoms with Crippen molar-refractivity contribution in [1.82, 2.24) is 0 Å². The Bertz CT molecular complexity index is 112. The third-order valence-electron chi connectivity index (χ3n) is 2.14. The molecule has 0 bridgehead atoms. The third-order valence-corrected chi connectivity index (χ3v) is 2.14. The number of hydrogen-bond acceptors (Lipinski definition) is 2. The monoisotopic (exact) mass is 181 g/mol. The van der Waals surface area contributed by atoms with Crippen LogP contribution >= 0.6 is 0 Å². The molecule has 0 aliphatic carbocycles. The molecule has 4 heteroatoms. The first-order chi connectivity index (χ1) is 3.96. The second-order valence-corrected chi connectivity index (χ2v) is 3.35. The summed E-state index contributed by atoms with van der Waals surface area (Å²) in [4.78, 5) is 0. The van der Waals surface area contributed by atoms with Gasteiger partial charge < -0.3 is 16.7 Å². The van der Waals surface area contributed by atoms with Gasteiger partial charge in [-0.2, -0.15) is 0 Å². The summed E-state index contributed by atoms with van der Waals surface area (Å²) in [5.41, 5.74) is -0.375. The Kier molecular flexibility index (Phi) is 6.52. The van der Waals surface area contributed by atoms with Crippen LogP contribution in [0.15, 0.2) is 0 Å². The Hall–Kier alpha value is 1.62. The molecule has 0 amide bonds. The first-order valence-corrected chi connectivity index (χ1v) is 3.13. The Morgan fingerprint density at radius 3 is 1.27 bits per heavy atom. The molecule has 0 saturated carbocycles. The van der Waals surface area contributed by atoms with Gasteiger partial charge in [-0.15, -0.1) is 0 Å². The maximum absolute atomic E-state index is 5.21. The van der Waals surface area contributed by atoms with Gasteiger partial charge in [-0.1, -0.05) is 0 Å². The zero-order chi connectivity index (χ0) is 7.12. The summed E-state index contributed by atoms with van der Waals surface area (Å²) in [5.74, 6) is 0. The van der Waals surface area contributed by atoms with Gasteiger partial charge >= 0.3 is 51.4 Å². The van der Waals surface area contributed by atoms with Crippen molar-refractivity contribution in [3.8, 4) is 0 Å². The van der Waals surface area contributed by atoms with Crippen molar-refractivity contribution in [3.63, 3.8) is 0 Å². The van der Waals surface area contributed by atoms with Gasteiger partial charge in [0.05, 0.1) is 0 Å². The summed E-state index contributed by atoms with van der Waals surface area (Å²) in [6, 6.07) is 0. The summed E-state index contributed by atoms with van der Waals surface area (Å²) in [5, 5.41) is 0.